The van der Waals surface area contributed by atoms with E-state index >= 15 is 0 Å². The van der Waals surface area contributed by atoms with Gasteiger partial charge in [0.2, 0.25) is 15.9 Å². The molecule has 1 heterocycles. The van der Waals surface area contributed by atoms with Crippen molar-refractivity contribution in [2.24, 2.45) is 5.92 Å². The highest BCUT2D eigenvalue weighted by molar-refractivity contribution is 7.88. The number of esters is 1. The van der Waals surface area contributed by atoms with Gasteiger partial charge in [-0.05, 0) is 50.5 Å². The monoisotopic (exact) mass is 478 g/mol. The summed E-state index contributed by atoms with van der Waals surface area (Å²) in [6.07, 6.45) is 0.876. The minimum atomic E-state index is -3.44. The second-order valence-corrected chi connectivity index (χ2v) is 10.2. The number of amides is 1. The number of carbonyl (C=O) groups excluding carboxylic acids is 2. The lowest BCUT2D eigenvalue weighted by molar-refractivity contribution is -0.120. The molecule has 0 spiro atoms. The average Bonchev–Trinajstić information content (AvgIpc) is 2.73. The van der Waals surface area contributed by atoms with Crippen LogP contribution in [-0.2, 0) is 25.3 Å². The number of rotatable bonds is 7. The molecule has 0 saturated carbocycles. The summed E-state index contributed by atoms with van der Waals surface area (Å²) < 4.78 is 32.0. The SMILES string of the molecule is CCOC(=O)c1ccc(NC(=O)C2CCN(S(=O)(=O)Cc3cccc(C)c3)CC2)cc1Cl. The Morgan fingerprint density at radius 3 is 2.50 bits per heavy atom. The van der Waals surface area contributed by atoms with E-state index in [1.54, 1.807) is 13.0 Å². The molecule has 172 valence electrons. The van der Waals surface area contributed by atoms with Gasteiger partial charge in [-0.3, -0.25) is 4.79 Å². The first kappa shape index (κ1) is 24.2. The molecule has 0 aromatic heterocycles. The predicted octanol–water partition coefficient (Wildman–Crippen LogP) is 4.01. The fourth-order valence-corrected chi connectivity index (χ4v) is 5.52. The van der Waals surface area contributed by atoms with Crippen molar-refractivity contribution in [3.63, 3.8) is 0 Å². The molecule has 32 heavy (non-hydrogen) atoms. The smallest absolute Gasteiger partial charge is 0.339 e. The van der Waals surface area contributed by atoms with Gasteiger partial charge >= 0.3 is 5.97 Å². The molecule has 3 rings (SSSR count). The van der Waals surface area contributed by atoms with Gasteiger partial charge in [-0.15, -0.1) is 0 Å². The largest absolute Gasteiger partial charge is 0.462 e. The molecular formula is C23H27ClN2O5S. The van der Waals surface area contributed by atoms with Crippen LogP contribution in [0.3, 0.4) is 0 Å². The topological polar surface area (TPSA) is 92.8 Å². The molecule has 2 aromatic rings. The van der Waals surface area contributed by atoms with Crippen LogP contribution >= 0.6 is 11.6 Å². The fourth-order valence-electron chi connectivity index (χ4n) is 3.71. The normalized spacial score (nSPS) is 15.3. The number of sulfonamides is 1. The highest BCUT2D eigenvalue weighted by atomic mass is 35.5. The summed E-state index contributed by atoms with van der Waals surface area (Å²) in [4.78, 5) is 24.5. The molecule has 9 heteroatoms. The maximum absolute atomic E-state index is 12.8. The maximum atomic E-state index is 12.8. The molecule has 0 atom stereocenters. The third kappa shape index (κ3) is 6.09. The Hall–Kier alpha value is -2.42. The summed E-state index contributed by atoms with van der Waals surface area (Å²) in [5.74, 6) is -1.06. The first-order valence-corrected chi connectivity index (χ1v) is 12.5. The highest BCUT2D eigenvalue weighted by Crippen LogP contribution is 2.25. The Morgan fingerprint density at radius 1 is 1.16 bits per heavy atom. The van der Waals surface area contributed by atoms with Crippen LogP contribution in [0.5, 0.6) is 0 Å². The van der Waals surface area contributed by atoms with Gasteiger partial charge < -0.3 is 10.1 Å². The number of hydrogen-bond acceptors (Lipinski definition) is 5. The minimum Gasteiger partial charge on any atom is -0.462 e. The van der Waals surface area contributed by atoms with Crippen LogP contribution in [-0.4, -0.2) is 44.3 Å². The third-order valence-corrected chi connectivity index (χ3v) is 7.54. The van der Waals surface area contributed by atoms with Crippen LogP contribution in [0, 0.1) is 12.8 Å². The summed E-state index contributed by atoms with van der Waals surface area (Å²) in [6.45, 7) is 4.48. The van der Waals surface area contributed by atoms with Gasteiger partial charge in [-0.2, -0.15) is 0 Å². The van der Waals surface area contributed by atoms with E-state index in [-0.39, 0.29) is 34.8 Å². The van der Waals surface area contributed by atoms with Crippen molar-refractivity contribution >= 4 is 39.2 Å². The second-order valence-electron chi connectivity index (χ2n) is 7.82. The van der Waals surface area contributed by atoms with Crippen LogP contribution in [0.2, 0.25) is 5.02 Å². The third-order valence-electron chi connectivity index (χ3n) is 5.38. The van der Waals surface area contributed by atoms with E-state index in [1.807, 2.05) is 31.2 Å². The van der Waals surface area contributed by atoms with Gasteiger partial charge in [0.15, 0.2) is 0 Å². The first-order valence-electron chi connectivity index (χ1n) is 10.5. The molecule has 1 aliphatic heterocycles. The Bertz CT molecular complexity index is 1100. The lowest BCUT2D eigenvalue weighted by Gasteiger charge is -2.30. The first-order chi connectivity index (χ1) is 15.2. The van der Waals surface area contributed by atoms with Crippen molar-refractivity contribution < 1.29 is 22.7 Å². The Balaban J connectivity index is 1.56. The zero-order valence-corrected chi connectivity index (χ0v) is 19.7. The van der Waals surface area contributed by atoms with Gasteiger partial charge in [0, 0.05) is 24.7 Å². The quantitative estimate of drug-likeness (QED) is 0.607. The van der Waals surface area contributed by atoms with Gasteiger partial charge in [-0.25, -0.2) is 17.5 Å². The molecule has 1 aliphatic rings. The summed E-state index contributed by atoms with van der Waals surface area (Å²) in [5.41, 5.74) is 2.48. The molecule has 1 N–H and O–H groups in total. The van der Waals surface area contributed by atoms with Crippen LogP contribution in [0.25, 0.3) is 0 Å². The van der Waals surface area contributed by atoms with Crippen LogP contribution in [0.1, 0.15) is 41.3 Å². The van der Waals surface area contributed by atoms with Crippen LogP contribution in [0.4, 0.5) is 5.69 Å². The minimum absolute atomic E-state index is 0.0448. The number of nitrogens with zero attached hydrogens (tertiary/aromatic N) is 1. The van der Waals surface area contributed by atoms with Crippen molar-refractivity contribution in [1.82, 2.24) is 4.31 Å². The van der Waals surface area contributed by atoms with Crippen molar-refractivity contribution in [3.8, 4) is 0 Å². The van der Waals surface area contributed by atoms with Crippen molar-refractivity contribution in [3.05, 3.63) is 64.2 Å². The van der Waals surface area contributed by atoms with E-state index in [4.69, 9.17) is 16.3 Å². The summed E-state index contributed by atoms with van der Waals surface area (Å²) >= 11 is 6.15. The number of halogens is 1. The van der Waals surface area contributed by atoms with Crippen LogP contribution in [0.15, 0.2) is 42.5 Å². The number of carbonyl (C=O) groups is 2. The Kier molecular flexibility index (Phi) is 7.92. The van der Waals surface area contributed by atoms with E-state index in [9.17, 15) is 18.0 Å². The molecule has 0 unspecified atom stereocenters. The second kappa shape index (κ2) is 10.5. The van der Waals surface area contributed by atoms with Gasteiger partial charge in [0.05, 0.1) is 22.9 Å². The number of ether oxygens (including phenoxy) is 1. The summed E-state index contributed by atoms with van der Waals surface area (Å²) in [7, 11) is -3.44. The van der Waals surface area contributed by atoms with E-state index in [2.05, 4.69) is 5.32 Å². The molecule has 0 radical (unpaired) electrons. The Labute approximate surface area is 193 Å². The highest BCUT2D eigenvalue weighted by Gasteiger charge is 2.31. The van der Waals surface area contributed by atoms with E-state index in [1.165, 1.54) is 16.4 Å². The number of aryl methyl sites for hydroxylation is 1. The van der Waals surface area contributed by atoms with E-state index < -0.39 is 16.0 Å². The molecule has 1 saturated heterocycles. The number of nitrogens with one attached hydrogen (secondary N) is 1. The van der Waals surface area contributed by atoms with Crippen molar-refractivity contribution in [2.45, 2.75) is 32.4 Å². The van der Waals surface area contributed by atoms with Gasteiger partial charge in [-0.1, -0.05) is 41.4 Å². The molecule has 1 fully saturated rings. The molecular weight excluding hydrogens is 452 g/mol. The maximum Gasteiger partial charge on any atom is 0.339 e. The summed E-state index contributed by atoms with van der Waals surface area (Å²) in [5, 5.41) is 3.00. The molecule has 2 aromatic carbocycles. The number of benzene rings is 2. The van der Waals surface area contributed by atoms with Gasteiger partial charge in [0.1, 0.15) is 0 Å². The number of hydrogen-bond donors (Lipinski definition) is 1. The van der Waals surface area contributed by atoms with Crippen LogP contribution < -0.4 is 5.32 Å². The standard InChI is InChI=1S/C23H27ClN2O5S/c1-3-31-23(28)20-8-7-19(14-21(20)24)25-22(27)18-9-11-26(12-10-18)32(29,30)15-17-6-4-5-16(2)13-17/h4-8,13-14,18H,3,9-12,15H2,1-2H3,(H,25,27). The van der Waals surface area contributed by atoms with E-state index in [0.717, 1.165) is 11.1 Å². The number of piperidine rings is 1. The van der Waals surface area contributed by atoms with E-state index in [0.29, 0.717) is 31.6 Å². The zero-order chi connectivity index (χ0) is 23.3. The molecule has 1 amide bonds. The number of anilines is 1. The summed E-state index contributed by atoms with van der Waals surface area (Å²) in [6, 6.07) is 12.1. The lowest BCUT2D eigenvalue weighted by Crippen LogP contribution is -2.41. The van der Waals surface area contributed by atoms with Gasteiger partial charge in [0.25, 0.3) is 0 Å². The molecule has 7 nitrogen and oxygen atoms in total. The molecule has 0 aliphatic carbocycles. The fraction of sp³-hybridized carbons (Fsp3) is 0.391. The lowest BCUT2D eigenvalue weighted by atomic mass is 9.97. The molecule has 0 bridgehead atoms. The van der Waals surface area contributed by atoms with Crippen molar-refractivity contribution in [2.75, 3.05) is 25.0 Å². The average molecular weight is 479 g/mol. The zero-order valence-electron chi connectivity index (χ0n) is 18.1. The van der Waals surface area contributed by atoms with Crippen molar-refractivity contribution in [1.29, 1.82) is 0 Å². The Morgan fingerprint density at radius 2 is 1.88 bits per heavy atom. The predicted molar refractivity (Wildman–Crippen MR) is 124 cm³/mol.